The number of carbonyl (C=O) groups excluding carboxylic acids is 2. The lowest BCUT2D eigenvalue weighted by Crippen LogP contribution is -2.30. The van der Waals surface area contributed by atoms with E-state index in [1.807, 2.05) is 12.1 Å². The Balaban J connectivity index is 1.64. The largest absolute Gasteiger partial charge is 0.361 e. The Labute approximate surface area is 172 Å². The Kier molecular flexibility index (Phi) is 5.39. The molecule has 0 saturated heterocycles. The maximum atomic E-state index is 14.1. The summed E-state index contributed by atoms with van der Waals surface area (Å²) in [5, 5.41) is 6.36. The number of nitrogens with one attached hydrogen (secondary N) is 3. The summed E-state index contributed by atoms with van der Waals surface area (Å²) in [6.07, 6.45) is 3.12. The van der Waals surface area contributed by atoms with E-state index in [0.717, 1.165) is 10.9 Å². The van der Waals surface area contributed by atoms with E-state index in [1.54, 1.807) is 60.8 Å². The molecule has 1 heterocycles. The van der Waals surface area contributed by atoms with E-state index < -0.39 is 17.6 Å². The summed E-state index contributed by atoms with van der Waals surface area (Å²) >= 11 is 0. The van der Waals surface area contributed by atoms with Gasteiger partial charge in [-0.25, -0.2) is 4.39 Å². The molecular formula is C24H18FN3O2. The molecule has 5 nitrogen and oxygen atoms in total. The second-order valence-corrected chi connectivity index (χ2v) is 6.63. The van der Waals surface area contributed by atoms with Crippen LogP contribution in [-0.2, 0) is 4.79 Å². The molecule has 1 aromatic heterocycles. The Bertz CT molecular complexity index is 1250. The van der Waals surface area contributed by atoms with E-state index in [2.05, 4.69) is 15.6 Å². The van der Waals surface area contributed by atoms with Crippen molar-refractivity contribution in [1.29, 1.82) is 0 Å². The molecule has 0 radical (unpaired) electrons. The van der Waals surface area contributed by atoms with Gasteiger partial charge in [0.15, 0.2) is 0 Å². The topological polar surface area (TPSA) is 74.0 Å². The van der Waals surface area contributed by atoms with Crippen molar-refractivity contribution >= 4 is 34.5 Å². The summed E-state index contributed by atoms with van der Waals surface area (Å²) in [6.45, 7) is 0. The highest BCUT2D eigenvalue weighted by Crippen LogP contribution is 2.19. The predicted octanol–water partition coefficient (Wildman–Crippen LogP) is 4.72. The van der Waals surface area contributed by atoms with Crippen molar-refractivity contribution in [3.05, 3.63) is 108 Å². The molecule has 0 atom stereocenters. The SMILES string of the molecule is O=C(Nc1ccc2cc[nH]c2c1)/C(=C\c1ccccc1F)NC(=O)c1ccccc1. The summed E-state index contributed by atoms with van der Waals surface area (Å²) < 4.78 is 14.1. The number of carbonyl (C=O) groups is 2. The average Bonchev–Trinajstić information content (AvgIpc) is 3.23. The van der Waals surface area contributed by atoms with Crippen LogP contribution < -0.4 is 10.6 Å². The van der Waals surface area contributed by atoms with Gasteiger partial charge < -0.3 is 15.6 Å². The van der Waals surface area contributed by atoms with Gasteiger partial charge in [0.25, 0.3) is 11.8 Å². The van der Waals surface area contributed by atoms with Crippen LogP contribution in [0, 0.1) is 5.82 Å². The molecule has 0 aliphatic heterocycles. The van der Waals surface area contributed by atoms with Gasteiger partial charge >= 0.3 is 0 Å². The highest BCUT2D eigenvalue weighted by atomic mass is 19.1. The first-order valence-electron chi connectivity index (χ1n) is 9.31. The van der Waals surface area contributed by atoms with Crippen LogP contribution in [-0.4, -0.2) is 16.8 Å². The minimum atomic E-state index is -0.562. The molecule has 0 saturated carbocycles. The smallest absolute Gasteiger partial charge is 0.272 e. The minimum absolute atomic E-state index is 0.0689. The highest BCUT2D eigenvalue weighted by molar-refractivity contribution is 6.11. The van der Waals surface area contributed by atoms with E-state index in [9.17, 15) is 14.0 Å². The van der Waals surface area contributed by atoms with E-state index in [0.29, 0.717) is 11.3 Å². The number of amides is 2. The fourth-order valence-corrected chi connectivity index (χ4v) is 3.01. The molecule has 2 amide bonds. The number of fused-ring (bicyclic) bond motifs is 1. The van der Waals surface area contributed by atoms with Crippen molar-refractivity contribution in [2.45, 2.75) is 0 Å². The number of aromatic nitrogens is 1. The normalized spacial score (nSPS) is 11.3. The molecule has 6 heteroatoms. The van der Waals surface area contributed by atoms with Crippen LogP contribution in [0.5, 0.6) is 0 Å². The van der Waals surface area contributed by atoms with Crippen molar-refractivity contribution < 1.29 is 14.0 Å². The van der Waals surface area contributed by atoms with Crippen LogP contribution >= 0.6 is 0 Å². The Morgan fingerprint density at radius 2 is 1.67 bits per heavy atom. The second kappa shape index (κ2) is 8.45. The second-order valence-electron chi connectivity index (χ2n) is 6.63. The van der Waals surface area contributed by atoms with Crippen molar-refractivity contribution in [3.63, 3.8) is 0 Å². The van der Waals surface area contributed by atoms with Gasteiger partial charge in [0.05, 0.1) is 0 Å². The molecule has 3 N–H and O–H groups in total. The number of benzene rings is 3. The third kappa shape index (κ3) is 4.28. The van der Waals surface area contributed by atoms with E-state index in [1.165, 1.54) is 18.2 Å². The quantitative estimate of drug-likeness (QED) is 0.425. The molecule has 0 spiro atoms. The zero-order valence-corrected chi connectivity index (χ0v) is 15.9. The Morgan fingerprint density at radius 3 is 2.47 bits per heavy atom. The van der Waals surface area contributed by atoms with Gasteiger partial charge in [-0.2, -0.15) is 0 Å². The third-order valence-corrected chi connectivity index (χ3v) is 4.55. The number of anilines is 1. The molecule has 3 aromatic carbocycles. The summed E-state index contributed by atoms with van der Waals surface area (Å²) in [5.74, 6) is -1.52. The molecule has 4 rings (SSSR count). The maximum absolute atomic E-state index is 14.1. The van der Waals surface area contributed by atoms with Crippen LogP contribution in [0.1, 0.15) is 15.9 Å². The van der Waals surface area contributed by atoms with Gasteiger partial charge in [-0.3, -0.25) is 9.59 Å². The van der Waals surface area contributed by atoms with E-state index in [4.69, 9.17) is 0 Å². The number of rotatable bonds is 5. The summed E-state index contributed by atoms with van der Waals surface area (Å²) in [5.41, 5.74) is 1.91. The fraction of sp³-hybridized carbons (Fsp3) is 0. The lowest BCUT2D eigenvalue weighted by atomic mass is 10.1. The van der Waals surface area contributed by atoms with Gasteiger partial charge in [-0.1, -0.05) is 42.5 Å². The first-order chi connectivity index (χ1) is 14.6. The van der Waals surface area contributed by atoms with Crippen LogP contribution in [0.25, 0.3) is 17.0 Å². The Morgan fingerprint density at radius 1 is 0.900 bits per heavy atom. The predicted molar refractivity (Wildman–Crippen MR) is 115 cm³/mol. The van der Waals surface area contributed by atoms with Crippen LogP contribution in [0.4, 0.5) is 10.1 Å². The molecule has 0 unspecified atom stereocenters. The summed E-state index contributed by atoms with van der Waals surface area (Å²) in [6, 6.07) is 21.9. The molecular weight excluding hydrogens is 381 g/mol. The van der Waals surface area contributed by atoms with Crippen molar-refractivity contribution in [1.82, 2.24) is 10.3 Å². The summed E-state index contributed by atoms with van der Waals surface area (Å²) in [4.78, 5) is 28.6. The number of aromatic amines is 1. The molecule has 4 aromatic rings. The van der Waals surface area contributed by atoms with Crippen molar-refractivity contribution in [2.24, 2.45) is 0 Å². The number of hydrogen-bond donors (Lipinski definition) is 3. The molecule has 30 heavy (non-hydrogen) atoms. The fourth-order valence-electron chi connectivity index (χ4n) is 3.01. The first kappa shape index (κ1) is 19.1. The zero-order valence-electron chi connectivity index (χ0n) is 15.9. The summed E-state index contributed by atoms with van der Waals surface area (Å²) in [7, 11) is 0. The van der Waals surface area contributed by atoms with Gasteiger partial charge in [0, 0.05) is 28.5 Å². The lowest BCUT2D eigenvalue weighted by molar-refractivity contribution is -0.113. The van der Waals surface area contributed by atoms with Crippen molar-refractivity contribution in [2.75, 3.05) is 5.32 Å². The number of halogens is 1. The molecule has 0 aliphatic rings. The average molecular weight is 399 g/mol. The third-order valence-electron chi connectivity index (χ3n) is 4.55. The molecule has 0 fully saturated rings. The van der Waals surface area contributed by atoms with Crippen LogP contribution in [0.3, 0.4) is 0 Å². The lowest BCUT2D eigenvalue weighted by Gasteiger charge is -2.12. The van der Waals surface area contributed by atoms with Gasteiger partial charge in [-0.15, -0.1) is 0 Å². The first-order valence-corrected chi connectivity index (χ1v) is 9.31. The maximum Gasteiger partial charge on any atom is 0.272 e. The zero-order chi connectivity index (χ0) is 20.9. The van der Waals surface area contributed by atoms with Crippen LogP contribution in [0.2, 0.25) is 0 Å². The van der Waals surface area contributed by atoms with Crippen LogP contribution in [0.15, 0.2) is 90.8 Å². The highest BCUT2D eigenvalue weighted by Gasteiger charge is 2.16. The van der Waals surface area contributed by atoms with E-state index >= 15 is 0 Å². The van der Waals surface area contributed by atoms with Gasteiger partial charge in [0.1, 0.15) is 11.5 Å². The molecule has 0 aliphatic carbocycles. The molecule has 148 valence electrons. The standard InChI is InChI=1S/C24H18FN3O2/c25-20-9-5-4-8-18(20)14-22(28-23(29)17-6-2-1-3-7-17)24(30)27-19-11-10-16-12-13-26-21(16)15-19/h1-15,26H,(H,27,30)(H,28,29)/b22-14+. The Hall–Kier alpha value is -4.19. The van der Waals surface area contributed by atoms with Gasteiger partial charge in [0.2, 0.25) is 0 Å². The number of H-pyrrole nitrogens is 1. The van der Waals surface area contributed by atoms with Crippen molar-refractivity contribution in [3.8, 4) is 0 Å². The number of hydrogen-bond acceptors (Lipinski definition) is 2. The van der Waals surface area contributed by atoms with Gasteiger partial charge in [-0.05, 0) is 47.9 Å². The van der Waals surface area contributed by atoms with E-state index in [-0.39, 0.29) is 11.3 Å². The monoisotopic (exact) mass is 399 g/mol. The minimum Gasteiger partial charge on any atom is -0.361 e. The molecule has 0 bridgehead atoms.